The van der Waals surface area contributed by atoms with Crippen LogP contribution in [0.2, 0.25) is 0 Å². The van der Waals surface area contributed by atoms with Crippen LogP contribution in [0, 0.1) is 5.92 Å². The molecular weight excluding hydrogens is 344 g/mol. The molecule has 6 heteroatoms. The highest BCUT2D eigenvalue weighted by atomic mass is 16.6. The second kappa shape index (κ2) is 7.53. The minimum atomic E-state index is -0.254. The molecule has 0 spiro atoms. The number of rotatable bonds is 5. The van der Waals surface area contributed by atoms with Gasteiger partial charge in [-0.2, -0.15) is 0 Å². The van der Waals surface area contributed by atoms with Crippen LogP contribution in [0.3, 0.4) is 0 Å². The van der Waals surface area contributed by atoms with Crippen LogP contribution in [0.25, 0.3) is 6.08 Å². The second-order valence-corrected chi connectivity index (χ2v) is 6.57. The maximum Gasteiger partial charge on any atom is 0.248 e. The number of ether oxygens (including phenoxy) is 2. The molecule has 0 unspecified atom stereocenters. The Morgan fingerprint density at radius 1 is 0.926 bits per heavy atom. The Hall–Kier alpha value is -3.28. The van der Waals surface area contributed by atoms with Gasteiger partial charge >= 0.3 is 0 Å². The van der Waals surface area contributed by atoms with Crippen molar-refractivity contribution in [2.45, 2.75) is 12.8 Å². The van der Waals surface area contributed by atoms with Gasteiger partial charge in [0.05, 0.1) is 0 Å². The van der Waals surface area contributed by atoms with Crippen molar-refractivity contribution >= 4 is 29.3 Å². The van der Waals surface area contributed by atoms with Gasteiger partial charge in [0.1, 0.15) is 13.2 Å². The summed E-state index contributed by atoms with van der Waals surface area (Å²) in [6.45, 7) is 1.07. The summed E-state index contributed by atoms with van der Waals surface area (Å²) in [7, 11) is 0. The molecule has 4 rings (SSSR count). The Morgan fingerprint density at radius 2 is 1.67 bits per heavy atom. The first-order valence-electron chi connectivity index (χ1n) is 8.97. The van der Waals surface area contributed by atoms with E-state index in [-0.39, 0.29) is 17.7 Å². The number of anilines is 2. The van der Waals surface area contributed by atoms with Crippen LogP contribution in [0.1, 0.15) is 18.4 Å². The molecule has 1 fully saturated rings. The summed E-state index contributed by atoms with van der Waals surface area (Å²) < 4.78 is 11.0. The van der Waals surface area contributed by atoms with E-state index in [0.29, 0.717) is 36.1 Å². The predicted molar refractivity (Wildman–Crippen MR) is 103 cm³/mol. The molecule has 0 radical (unpaired) electrons. The van der Waals surface area contributed by atoms with Gasteiger partial charge in [-0.15, -0.1) is 0 Å². The van der Waals surface area contributed by atoms with E-state index in [1.54, 1.807) is 30.3 Å². The Bertz CT molecular complexity index is 903. The molecule has 0 bridgehead atoms. The van der Waals surface area contributed by atoms with Crippen LogP contribution >= 0.6 is 0 Å². The number of fused-ring (bicyclic) bond motifs is 1. The first-order valence-corrected chi connectivity index (χ1v) is 8.97. The Kier molecular flexibility index (Phi) is 4.78. The molecule has 2 aromatic rings. The maximum absolute atomic E-state index is 12.2. The summed E-state index contributed by atoms with van der Waals surface area (Å²) >= 11 is 0. The number of hydrogen-bond donors (Lipinski definition) is 2. The van der Waals surface area contributed by atoms with Crippen LogP contribution < -0.4 is 20.1 Å². The van der Waals surface area contributed by atoms with E-state index < -0.39 is 0 Å². The zero-order chi connectivity index (χ0) is 18.6. The van der Waals surface area contributed by atoms with Crippen LogP contribution in [0.5, 0.6) is 11.5 Å². The molecule has 0 aromatic heterocycles. The highest BCUT2D eigenvalue weighted by Crippen LogP contribution is 2.31. The number of amides is 2. The highest BCUT2D eigenvalue weighted by Gasteiger charge is 2.29. The van der Waals surface area contributed by atoms with Crippen molar-refractivity contribution in [3.05, 3.63) is 54.1 Å². The molecule has 2 aliphatic rings. The minimum absolute atomic E-state index is 0.0389. The first-order chi connectivity index (χ1) is 13.2. The molecule has 2 amide bonds. The van der Waals surface area contributed by atoms with Gasteiger partial charge in [0.25, 0.3) is 0 Å². The molecule has 2 N–H and O–H groups in total. The van der Waals surface area contributed by atoms with E-state index >= 15 is 0 Å². The lowest BCUT2D eigenvalue weighted by atomic mass is 10.2. The molecule has 0 saturated heterocycles. The van der Waals surface area contributed by atoms with Crippen LogP contribution in [0.4, 0.5) is 11.4 Å². The molecule has 0 atom stereocenters. The van der Waals surface area contributed by atoms with Gasteiger partial charge in [0.2, 0.25) is 11.8 Å². The van der Waals surface area contributed by atoms with Crippen LogP contribution in [0.15, 0.2) is 48.5 Å². The van der Waals surface area contributed by atoms with Gasteiger partial charge in [-0.25, -0.2) is 0 Å². The standard InChI is InChI=1S/C21H20N2O4/c24-20(9-5-14-4-8-18-19(12-14)27-11-10-26-18)22-16-2-1-3-17(13-16)23-21(25)15-6-7-15/h1-5,8-9,12-13,15H,6-7,10-11H2,(H,22,24)(H,23,25). The summed E-state index contributed by atoms with van der Waals surface area (Å²) in [5.74, 6) is 1.32. The van der Waals surface area contributed by atoms with Gasteiger partial charge in [0, 0.05) is 23.4 Å². The highest BCUT2D eigenvalue weighted by molar-refractivity contribution is 6.02. The smallest absolute Gasteiger partial charge is 0.248 e. The summed E-state index contributed by atoms with van der Waals surface area (Å²) in [4.78, 5) is 24.0. The third-order valence-electron chi connectivity index (χ3n) is 4.34. The largest absolute Gasteiger partial charge is 0.486 e. The van der Waals surface area contributed by atoms with Crippen molar-refractivity contribution in [3.8, 4) is 11.5 Å². The monoisotopic (exact) mass is 364 g/mol. The third kappa shape index (κ3) is 4.47. The van der Waals surface area contributed by atoms with E-state index in [0.717, 1.165) is 18.4 Å². The molecule has 27 heavy (non-hydrogen) atoms. The third-order valence-corrected chi connectivity index (χ3v) is 4.34. The van der Waals surface area contributed by atoms with Crippen molar-refractivity contribution in [3.63, 3.8) is 0 Å². The molecule has 6 nitrogen and oxygen atoms in total. The zero-order valence-electron chi connectivity index (χ0n) is 14.7. The van der Waals surface area contributed by atoms with E-state index in [1.807, 2.05) is 18.2 Å². The Morgan fingerprint density at radius 3 is 2.44 bits per heavy atom. The number of benzene rings is 2. The minimum Gasteiger partial charge on any atom is -0.486 e. The molecule has 138 valence electrons. The van der Waals surface area contributed by atoms with E-state index in [9.17, 15) is 9.59 Å². The van der Waals surface area contributed by atoms with Gasteiger partial charge in [-0.3, -0.25) is 9.59 Å². The average Bonchev–Trinajstić information content (AvgIpc) is 3.52. The van der Waals surface area contributed by atoms with Crippen molar-refractivity contribution in [1.29, 1.82) is 0 Å². The Balaban J connectivity index is 1.37. The normalized spacial score (nSPS) is 15.4. The molecule has 1 aliphatic heterocycles. The van der Waals surface area contributed by atoms with Gasteiger partial charge in [0.15, 0.2) is 11.5 Å². The lowest BCUT2D eigenvalue weighted by Crippen LogP contribution is -2.15. The summed E-state index contributed by atoms with van der Waals surface area (Å²) in [5.41, 5.74) is 2.15. The van der Waals surface area contributed by atoms with Crippen molar-refractivity contribution in [1.82, 2.24) is 0 Å². The summed E-state index contributed by atoms with van der Waals surface area (Å²) in [6, 6.07) is 12.7. The predicted octanol–water partition coefficient (Wildman–Crippen LogP) is 3.46. The fourth-order valence-electron chi connectivity index (χ4n) is 2.78. The lowest BCUT2D eigenvalue weighted by molar-refractivity contribution is -0.117. The fraction of sp³-hybridized carbons (Fsp3) is 0.238. The van der Waals surface area contributed by atoms with E-state index in [1.165, 1.54) is 6.08 Å². The Labute approximate surface area is 157 Å². The fourth-order valence-corrected chi connectivity index (χ4v) is 2.78. The summed E-state index contributed by atoms with van der Waals surface area (Å²) in [6.07, 6.45) is 5.08. The van der Waals surface area contributed by atoms with Crippen molar-refractivity contribution in [2.75, 3.05) is 23.8 Å². The van der Waals surface area contributed by atoms with Gasteiger partial charge in [-0.1, -0.05) is 12.1 Å². The number of carbonyl (C=O) groups excluding carboxylic acids is 2. The molecule has 1 aliphatic carbocycles. The summed E-state index contributed by atoms with van der Waals surface area (Å²) in [5, 5.41) is 5.67. The van der Waals surface area contributed by atoms with Gasteiger partial charge < -0.3 is 20.1 Å². The number of carbonyl (C=O) groups is 2. The van der Waals surface area contributed by atoms with E-state index in [2.05, 4.69) is 10.6 Å². The topological polar surface area (TPSA) is 76.7 Å². The molecule has 1 heterocycles. The molecular formula is C21H20N2O4. The average molecular weight is 364 g/mol. The number of nitrogens with one attached hydrogen (secondary N) is 2. The molecule has 2 aromatic carbocycles. The quantitative estimate of drug-likeness (QED) is 0.797. The first kappa shape index (κ1) is 17.1. The maximum atomic E-state index is 12.2. The molecule has 1 saturated carbocycles. The zero-order valence-corrected chi connectivity index (χ0v) is 14.7. The van der Waals surface area contributed by atoms with Crippen molar-refractivity contribution in [2.24, 2.45) is 5.92 Å². The van der Waals surface area contributed by atoms with E-state index in [4.69, 9.17) is 9.47 Å². The van der Waals surface area contributed by atoms with Crippen molar-refractivity contribution < 1.29 is 19.1 Å². The van der Waals surface area contributed by atoms with Crippen LogP contribution in [-0.2, 0) is 9.59 Å². The second-order valence-electron chi connectivity index (χ2n) is 6.57. The van der Waals surface area contributed by atoms with Gasteiger partial charge in [-0.05, 0) is 54.8 Å². The number of hydrogen-bond acceptors (Lipinski definition) is 4. The SMILES string of the molecule is O=C(C=Cc1ccc2c(c1)OCCO2)Nc1cccc(NC(=O)C2CC2)c1. The lowest BCUT2D eigenvalue weighted by Gasteiger charge is -2.18. The van der Waals surface area contributed by atoms with Crippen LogP contribution in [-0.4, -0.2) is 25.0 Å².